The number of carbonyl (C=O) groups excluding carboxylic acids is 1. The van der Waals surface area contributed by atoms with E-state index in [2.05, 4.69) is 140 Å². The molecule has 10 rings (SSSR count). The predicted molar refractivity (Wildman–Crippen MR) is 309 cm³/mol. The molecule has 1 radical (unpaired) electrons. The Morgan fingerprint density at radius 2 is 1.29 bits per heavy atom. The van der Waals surface area contributed by atoms with Crippen molar-refractivity contribution in [2.45, 2.75) is 92.9 Å². The summed E-state index contributed by atoms with van der Waals surface area (Å²) < 4.78 is 8.83. The second kappa shape index (κ2) is 26.2. The van der Waals surface area contributed by atoms with Crippen LogP contribution in [0.2, 0.25) is 0 Å². The molecule has 0 aliphatic heterocycles. The van der Waals surface area contributed by atoms with E-state index < -0.39 is 0 Å². The van der Waals surface area contributed by atoms with Crippen molar-refractivity contribution in [3.63, 3.8) is 0 Å². The maximum Gasteiger partial charge on any atom is 0.162 e. The van der Waals surface area contributed by atoms with Gasteiger partial charge < -0.3 is 19.1 Å². The fraction of sp³-hybridized carbons (Fsp3) is 0.235. The number of carbonyl (C=O) groups is 1. The van der Waals surface area contributed by atoms with E-state index in [1.54, 1.807) is 12.3 Å². The third-order valence-corrected chi connectivity index (χ3v) is 14.0. The molecule has 0 saturated heterocycles. The number of hydrogen-bond acceptors (Lipinski definition) is 6. The molecular formula is C68H66IrN4O3-2. The van der Waals surface area contributed by atoms with Gasteiger partial charge in [0.15, 0.2) is 5.78 Å². The number of rotatable bonds is 14. The first-order valence-corrected chi connectivity index (χ1v) is 26.4. The number of aromatic nitrogens is 3. The van der Waals surface area contributed by atoms with Gasteiger partial charge in [-0.25, -0.2) is 0 Å². The first-order chi connectivity index (χ1) is 36.5. The van der Waals surface area contributed by atoms with Crippen LogP contribution >= 0.6 is 0 Å². The summed E-state index contributed by atoms with van der Waals surface area (Å²) in [5.74, 6) is 1.81. The third kappa shape index (κ3) is 12.5. The summed E-state index contributed by atoms with van der Waals surface area (Å²) in [7, 11) is 0. The molecule has 0 atom stereocenters. The number of furan rings is 1. The van der Waals surface area contributed by atoms with Crippen LogP contribution < -0.4 is 0 Å². The molecule has 0 spiro atoms. The molecule has 3 heterocycles. The van der Waals surface area contributed by atoms with Gasteiger partial charge in [0.1, 0.15) is 5.58 Å². The van der Waals surface area contributed by atoms with E-state index in [0.29, 0.717) is 16.7 Å². The fourth-order valence-electron chi connectivity index (χ4n) is 9.72. The Hall–Kier alpha value is -7.69. The normalized spacial score (nSPS) is 11.4. The van der Waals surface area contributed by atoms with Crippen molar-refractivity contribution in [3.8, 4) is 56.7 Å². The fourth-order valence-corrected chi connectivity index (χ4v) is 9.72. The van der Waals surface area contributed by atoms with Gasteiger partial charge in [0.05, 0.1) is 39.8 Å². The monoisotopic (exact) mass is 1180 g/mol. The third-order valence-electron chi connectivity index (χ3n) is 14.0. The van der Waals surface area contributed by atoms with Crippen molar-refractivity contribution < 1.29 is 34.4 Å². The van der Waals surface area contributed by atoms with Gasteiger partial charge >= 0.3 is 0 Å². The zero-order valence-electron chi connectivity index (χ0n) is 44.8. The van der Waals surface area contributed by atoms with Gasteiger partial charge in [-0.1, -0.05) is 151 Å². The van der Waals surface area contributed by atoms with Crippen molar-refractivity contribution in [1.82, 2.24) is 14.5 Å². The molecule has 10 aromatic rings. The number of para-hydroxylation sites is 2. The summed E-state index contributed by atoms with van der Waals surface area (Å²) in [6.45, 7) is 17.1. The van der Waals surface area contributed by atoms with E-state index >= 15 is 0 Å². The average Bonchev–Trinajstić information content (AvgIpc) is 4.06. The first-order valence-electron chi connectivity index (χ1n) is 26.4. The van der Waals surface area contributed by atoms with Crippen molar-refractivity contribution in [2.24, 2.45) is 11.8 Å². The largest absolute Gasteiger partial charge is 0.512 e. The number of nitrogens with zero attached hydrogens (tertiary/aromatic N) is 4. The van der Waals surface area contributed by atoms with Crippen molar-refractivity contribution >= 4 is 38.8 Å². The number of aliphatic hydroxyl groups is 1. The number of ketones is 1. The minimum absolute atomic E-state index is 0. The zero-order valence-corrected chi connectivity index (χ0v) is 47.2. The Bertz CT molecular complexity index is 3520. The van der Waals surface area contributed by atoms with Crippen molar-refractivity contribution in [1.29, 1.82) is 5.26 Å². The van der Waals surface area contributed by atoms with Crippen LogP contribution in [0.25, 0.3) is 83.6 Å². The molecule has 0 saturated carbocycles. The van der Waals surface area contributed by atoms with Gasteiger partial charge in [-0.15, -0.1) is 54.1 Å². The average molecular weight is 1180 g/mol. The number of nitriles is 1. The topological polar surface area (TPSA) is 105 Å². The van der Waals surface area contributed by atoms with Gasteiger partial charge in [0, 0.05) is 55.3 Å². The number of imidazole rings is 1. The molecule has 76 heavy (non-hydrogen) atoms. The standard InChI is InChI=1S/C44H34N3O.C13H24O2.C11H8N.Ir/c1-27(2)37-24-33(32-20-18-31(19-21-32)30-11-6-5-7-12-30)25-38(28(3)4)42(37)47-40-16-9-8-15-39(40)46-44(47)36-14-10-13-35-34-22-17-29(26-45)23-41(34)48-43(35)36;1-5-10(6-2)12(14)9-13(15)11(7-3)8-4;1-2-6-10(7-3-1)11-8-4-5-9-12-11;/h5-13,15-25,27-28H,1-4H3;9-11,14H,5-8H2,1-4H3;1-6,8-9H;/q-1;;-1;/b;12-9-;;. The van der Waals surface area contributed by atoms with Crippen LogP contribution in [0.1, 0.15) is 110 Å². The van der Waals surface area contributed by atoms with Gasteiger partial charge in [-0.2, -0.15) is 5.26 Å². The maximum atomic E-state index is 11.7. The van der Waals surface area contributed by atoms with Gasteiger partial charge in [0.2, 0.25) is 0 Å². The SMILES string of the molecule is CC(C)c1cc(-c2ccc(-c3ccccc3)cc2)cc(C(C)C)c1-n1c(-c2[c-]ccc3c2oc2cc(C#N)ccc23)nc2ccccc21.CCC(CC)C(=O)/C=C(\O)C(CC)CC.[Ir].[c-]1ccccc1-c1ccccn1. The smallest absolute Gasteiger partial charge is 0.162 e. The summed E-state index contributed by atoms with van der Waals surface area (Å²) in [5, 5.41) is 21.2. The molecule has 0 aliphatic carbocycles. The molecule has 0 bridgehead atoms. The van der Waals surface area contributed by atoms with E-state index in [0.717, 1.165) is 75.8 Å². The molecule has 8 heteroatoms. The summed E-state index contributed by atoms with van der Waals surface area (Å²) in [6.07, 6.45) is 6.69. The van der Waals surface area contributed by atoms with Crippen LogP contribution in [0.15, 0.2) is 186 Å². The summed E-state index contributed by atoms with van der Waals surface area (Å²) in [6, 6.07) is 64.6. The maximum absolute atomic E-state index is 11.7. The quantitative estimate of drug-likeness (QED) is 0.0661. The molecule has 0 fully saturated rings. The molecular weight excluding hydrogens is 1110 g/mol. The van der Waals surface area contributed by atoms with Crippen LogP contribution in [0.3, 0.4) is 0 Å². The number of hydrogen-bond donors (Lipinski definition) is 1. The van der Waals surface area contributed by atoms with Crippen molar-refractivity contribution in [2.75, 3.05) is 0 Å². The van der Waals surface area contributed by atoms with Crippen LogP contribution in [0, 0.1) is 35.3 Å². The Kier molecular flexibility index (Phi) is 19.3. The van der Waals surface area contributed by atoms with Gasteiger partial charge in [0.25, 0.3) is 0 Å². The number of benzene rings is 7. The van der Waals surface area contributed by atoms with E-state index in [-0.39, 0.29) is 55.3 Å². The second-order valence-electron chi connectivity index (χ2n) is 19.5. The summed E-state index contributed by atoms with van der Waals surface area (Å²) in [5.41, 5.74) is 15.2. The van der Waals surface area contributed by atoms with Crippen LogP contribution in [-0.2, 0) is 24.9 Å². The second-order valence-corrected chi connectivity index (χ2v) is 19.5. The van der Waals surface area contributed by atoms with Crippen LogP contribution in [0.5, 0.6) is 0 Å². The van der Waals surface area contributed by atoms with E-state index in [9.17, 15) is 15.2 Å². The summed E-state index contributed by atoms with van der Waals surface area (Å²) >= 11 is 0. The van der Waals surface area contributed by atoms with Crippen molar-refractivity contribution in [3.05, 3.63) is 211 Å². The Morgan fingerprint density at radius 1 is 0.671 bits per heavy atom. The molecule has 7 aromatic carbocycles. The summed E-state index contributed by atoms with van der Waals surface area (Å²) in [4.78, 5) is 21.2. The van der Waals surface area contributed by atoms with E-state index in [4.69, 9.17) is 9.40 Å². The van der Waals surface area contributed by atoms with Gasteiger partial charge in [-0.05, 0) is 119 Å². The van der Waals surface area contributed by atoms with E-state index in [1.807, 2.05) is 100 Å². The molecule has 0 amide bonds. The molecule has 7 nitrogen and oxygen atoms in total. The Balaban J connectivity index is 0.000000246. The minimum atomic E-state index is 0. The van der Waals surface area contributed by atoms with Gasteiger partial charge in [-0.3, -0.25) is 9.78 Å². The zero-order chi connectivity index (χ0) is 53.0. The minimum Gasteiger partial charge on any atom is -0.512 e. The first kappa shape index (κ1) is 56.0. The van der Waals surface area contributed by atoms with Crippen LogP contribution in [0.4, 0.5) is 0 Å². The Labute approximate surface area is 462 Å². The number of aliphatic hydroxyl groups excluding tert-OH is 1. The molecule has 0 unspecified atom stereocenters. The molecule has 0 aliphatic rings. The molecule has 3 aromatic heterocycles. The Morgan fingerprint density at radius 3 is 1.89 bits per heavy atom. The molecule has 1 N–H and O–H groups in total. The number of fused-ring (bicyclic) bond motifs is 4. The predicted octanol–water partition coefficient (Wildman–Crippen LogP) is 18.3. The van der Waals surface area contributed by atoms with E-state index in [1.165, 1.54) is 39.5 Å². The number of pyridine rings is 1. The molecule has 387 valence electrons. The van der Waals surface area contributed by atoms with Crippen LogP contribution in [-0.4, -0.2) is 25.4 Å². The number of allylic oxidation sites excluding steroid dienone is 2.